The van der Waals surface area contributed by atoms with Crippen molar-refractivity contribution in [3.63, 3.8) is 0 Å². The highest BCUT2D eigenvalue weighted by atomic mass is 32.2. The molecule has 1 N–H and O–H groups in total. The van der Waals surface area contributed by atoms with E-state index >= 15 is 0 Å². The topological polar surface area (TPSA) is 66.8 Å². The molecule has 0 bridgehead atoms. The second-order valence-electron chi connectivity index (χ2n) is 14.2. The first kappa shape index (κ1) is 44.1. The molecule has 1 unspecified atom stereocenters. The van der Waals surface area contributed by atoms with Gasteiger partial charge in [-0.1, -0.05) is 187 Å². The summed E-state index contributed by atoms with van der Waals surface area (Å²) in [6.07, 6.45) is 34.6. The van der Waals surface area contributed by atoms with Crippen LogP contribution in [0.4, 0.5) is 0 Å². The molecule has 0 spiro atoms. The summed E-state index contributed by atoms with van der Waals surface area (Å²) in [7, 11) is -4.26. The third-order valence-corrected chi connectivity index (χ3v) is 10.7. The monoisotopic (exact) mass is 680 g/mol. The van der Waals surface area contributed by atoms with Crippen molar-refractivity contribution < 1.29 is 17.7 Å². The maximum atomic E-state index is 12.1. The molecule has 0 amide bonds. The van der Waals surface area contributed by atoms with Gasteiger partial charge in [0.05, 0.1) is 17.6 Å². The van der Waals surface area contributed by atoms with Gasteiger partial charge >= 0.3 is 0 Å². The van der Waals surface area contributed by atoms with E-state index in [9.17, 15) is 13.0 Å². The number of rotatable bonds is 35. The summed E-state index contributed by atoms with van der Waals surface area (Å²) >= 11 is 0. The molecule has 0 aliphatic heterocycles. The fourth-order valence-corrected chi connectivity index (χ4v) is 7.45. The summed E-state index contributed by atoms with van der Waals surface area (Å²) in [5.41, 5.74) is 0.654. The van der Waals surface area contributed by atoms with Gasteiger partial charge in [0.1, 0.15) is 0 Å². The summed E-state index contributed by atoms with van der Waals surface area (Å²) < 4.78 is 40.5. The van der Waals surface area contributed by atoms with Crippen LogP contribution >= 0.6 is 0 Å². The SMILES string of the molecule is CCCCCCCCCCCCN(CCCCCCCCCCCC)CCOC(CCCCCCC)Cc1ccccc1S(=O)(=O)O. The van der Waals surface area contributed by atoms with Crippen molar-refractivity contribution in [2.75, 3.05) is 26.2 Å². The van der Waals surface area contributed by atoms with Crippen LogP contribution in [0.1, 0.15) is 193 Å². The molecule has 47 heavy (non-hydrogen) atoms. The largest absolute Gasteiger partial charge is 0.377 e. The zero-order valence-corrected chi connectivity index (χ0v) is 32.2. The lowest BCUT2D eigenvalue weighted by atomic mass is 10.0. The Bertz CT molecular complexity index is 898. The van der Waals surface area contributed by atoms with Crippen molar-refractivity contribution in [1.82, 2.24) is 4.90 Å². The minimum absolute atomic E-state index is 0.0168. The molecule has 0 aliphatic carbocycles. The molecule has 5 nitrogen and oxygen atoms in total. The molecule has 276 valence electrons. The highest BCUT2D eigenvalue weighted by Gasteiger charge is 2.19. The Labute approximate surface area is 293 Å². The van der Waals surface area contributed by atoms with Crippen molar-refractivity contribution in [1.29, 1.82) is 0 Å². The van der Waals surface area contributed by atoms with E-state index in [1.807, 2.05) is 12.1 Å². The van der Waals surface area contributed by atoms with Gasteiger partial charge in [0.25, 0.3) is 10.1 Å². The zero-order chi connectivity index (χ0) is 34.3. The van der Waals surface area contributed by atoms with E-state index < -0.39 is 10.1 Å². The molecular formula is C41H77NO4S. The lowest BCUT2D eigenvalue weighted by Gasteiger charge is -2.25. The van der Waals surface area contributed by atoms with E-state index in [0.29, 0.717) is 18.6 Å². The second-order valence-corrected chi connectivity index (χ2v) is 15.6. The van der Waals surface area contributed by atoms with E-state index in [4.69, 9.17) is 4.74 Å². The van der Waals surface area contributed by atoms with Crippen molar-refractivity contribution in [3.05, 3.63) is 29.8 Å². The van der Waals surface area contributed by atoms with Gasteiger partial charge in [0, 0.05) is 6.54 Å². The Hall–Kier alpha value is -0.950. The molecule has 0 saturated carbocycles. The van der Waals surface area contributed by atoms with Gasteiger partial charge in [0.15, 0.2) is 0 Å². The summed E-state index contributed by atoms with van der Waals surface area (Å²) in [4.78, 5) is 2.64. The number of unbranched alkanes of at least 4 members (excludes halogenated alkanes) is 22. The Morgan fingerprint density at radius 3 is 1.43 bits per heavy atom. The number of hydrogen-bond acceptors (Lipinski definition) is 4. The summed E-state index contributed by atoms with van der Waals surface area (Å²) in [5, 5.41) is 0. The molecule has 0 radical (unpaired) electrons. The molecule has 1 aromatic rings. The molecule has 0 fully saturated rings. The maximum absolute atomic E-state index is 12.1. The number of benzene rings is 1. The van der Waals surface area contributed by atoms with Crippen LogP contribution < -0.4 is 0 Å². The molecule has 0 heterocycles. The zero-order valence-electron chi connectivity index (χ0n) is 31.3. The van der Waals surface area contributed by atoms with Gasteiger partial charge < -0.3 is 9.64 Å². The summed E-state index contributed by atoms with van der Waals surface area (Å²) in [5.74, 6) is 0. The third-order valence-electron chi connectivity index (χ3n) is 9.74. The summed E-state index contributed by atoms with van der Waals surface area (Å²) in [6.45, 7) is 10.7. The minimum atomic E-state index is -4.26. The van der Waals surface area contributed by atoms with Crippen LogP contribution in [0.15, 0.2) is 29.2 Å². The van der Waals surface area contributed by atoms with Crippen LogP contribution in [0, 0.1) is 0 Å². The van der Waals surface area contributed by atoms with Crippen molar-refractivity contribution >= 4 is 10.1 Å². The van der Waals surface area contributed by atoms with Gasteiger partial charge in [-0.25, -0.2) is 0 Å². The smallest absolute Gasteiger partial charge is 0.294 e. The van der Waals surface area contributed by atoms with Crippen LogP contribution in [0.5, 0.6) is 0 Å². The first-order valence-corrected chi connectivity index (χ1v) is 21.8. The predicted octanol–water partition coefficient (Wildman–Crippen LogP) is 12.4. The first-order valence-electron chi connectivity index (χ1n) is 20.3. The third kappa shape index (κ3) is 25.7. The van der Waals surface area contributed by atoms with Gasteiger partial charge in [-0.2, -0.15) is 8.42 Å². The molecule has 1 rings (SSSR count). The summed E-state index contributed by atoms with van der Waals surface area (Å²) in [6, 6.07) is 6.85. The van der Waals surface area contributed by atoms with E-state index in [-0.39, 0.29) is 11.0 Å². The van der Waals surface area contributed by atoms with Gasteiger partial charge in [0.2, 0.25) is 0 Å². The predicted molar refractivity (Wildman–Crippen MR) is 203 cm³/mol. The van der Waals surface area contributed by atoms with E-state index in [0.717, 1.165) is 32.5 Å². The second kappa shape index (κ2) is 31.1. The minimum Gasteiger partial charge on any atom is -0.377 e. The van der Waals surface area contributed by atoms with E-state index in [1.165, 1.54) is 160 Å². The lowest BCUT2D eigenvalue weighted by molar-refractivity contribution is 0.0303. The fourth-order valence-electron chi connectivity index (χ4n) is 6.72. The van der Waals surface area contributed by atoms with Crippen LogP contribution in [-0.2, 0) is 21.3 Å². The Kier molecular flexibility index (Phi) is 29.1. The molecular weight excluding hydrogens is 603 g/mol. The molecule has 1 aromatic carbocycles. The van der Waals surface area contributed by atoms with Crippen molar-refractivity contribution in [3.8, 4) is 0 Å². The van der Waals surface area contributed by atoms with Gasteiger partial charge in [-0.05, 0) is 50.4 Å². The van der Waals surface area contributed by atoms with Crippen LogP contribution in [0.2, 0.25) is 0 Å². The van der Waals surface area contributed by atoms with Crippen molar-refractivity contribution in [2.24, 2.45) is 0 Å². The highest BCUT2D eigenvalue weighted by Crippen LogP contribution is 2.21. The van der Waals surface area contributed by atoms with Crippen LogP contribution in [0.25, 0.3) is 0 Å². The van der Waals surface area contributed by atoms with E-state index in [2.05, 4.69) is 25.7 Å². The maximum Gasteiger partial charge on any atom is 0.294 e. The average molecular weight is 680 g/mol. The van der Waals surface area contributed by atoms with E-state index in [1.54, 1.807) is 6.07 Å². The molecule has 6 heteroatoms. The Morgan fingerprint density at radius 2 is 0.979 bits per heavy atom. The fraction of sp³-hybridized carbons (Fsp3) is 0.854. The quantitative estimate of drug-likeness (QED) is 0.0571. The number of hydrogen-bond donors (Lipinski definition) is 1. The number of ether oxygens (including phenoxy) is 1. The van der Waals surface area contributed by atoms with Crippen LogP contribution in [0.3, 0.4) is 0 Å². The molecule has 0 aliphatic rings. The average Bonchev–Trinajstić information content (AvgIpc) is 3.05. The van der Waals surface area contributed by atoms with Gasteiger partial charge in [-0.15, -0.1) is 0 Å². The Morgan fingerprint density at radius 1 is 0.574 bits per heavy atom. The highest BCUT2D eigenvalue weighted by molar-refractivity contribution is 7.85. The Balaban J connectivity index is 2.61. The first-order chi connectivity index (χ1) is 22.9. The van der Waals surface area contributed by atoms with Crippen molar-refractivity contribution in [2.45, 2.75) is 205 Å². The van der Waals surface area contributed by atoms with Gasteiger partial charge in [-0.3, -0.25) is 4.55 Å². The van der Waals surface area contributed by atoms with Crippen LogP contribution in [-0.4, -0.2) is 50.2 Å². The molecule has 0 aromatic heterocycles. The molecule has 1 atom stereocenters. The molecule has 0 saturated heterocycles. The normalized spacial score (nSPS) is 12.7. The number of nitrogens with zero attached hydrogens (tertiary/aromatic N) is 1. The lowest BCUT2D eigenvalue weighted by Crippen LogP contribution is -2.31. The standard InChI is InChI=1S/C41H77NO4S/c1-4-7-10-13-15-17-19-21-24-29-34-42(35-30-25-22-20-18-16-14-11-8-5-2)36-37-46-40(32-26-23-12-9-6-3)38-39-31-27-28-33-41(39)47(43,44)45/h27-28,31,33,40H,4-26,29-30,32,34-38H2,1-3H3,(H,43,44,45).